The molecule has 1 saturated carbocycles. The number of nitrogens with one attached hydrogen (secondary N) is 1. The van der Waals surface area contributed by atoms with E-state index in [2.05, 4.69) is 33.0 Å². The van der Waals surface area contributed by atoms with Crippen LogP contribution in [0.15, 0.2) is 0 Å². The highest BCUT2D eigenvalue weighted by molar-refractivity contribution is 7.11. The molecule has 1 aromatic heterocycles. The fourth-order valence-electron chi connectivity index (χ4n) is 3.31. The third-order valence-corrected chi connectivity index (χ3v) is 5.66. The Morgan fingerprint density at radius 1 is 1.40 bits per heavy atom. The van der Waals surface area contributed by atoms with E-state index in [1.165, 1.54) is 28.4 Å². The van der Waals surface area contributed by atoms with Gasteiger partial charge in [0.25, 0.3) is 0 Å². The molecular weight excluding hydrogens is 268 g/mol. The highest BCUT2D eigenvalue weighted by atomic mass is 32.1. The van der Waals surface area contributed by atoms with Gasteiger partial charge in [0.15, 0.2) is 0 Å². The van der Waals surface area contributed by atoms with Crippen molar-refractivity contribution < 1.29 is 4.74 Å². The number of aromatic nitrogens is 1. The van der Waals surface area contributed by atoms with E-state index in [1.54, 1.807) is 0 Å². The maximum Gasteiger partial charge on any atom is 0.113 e. The molecule has 1 N–H and O–H groups in total. The largest absolute Gasteiger partial charge is 0.375 e. The zero-order valence-electron chi connectivity index (χ0n) is 13.1. The number of aryl methyl sites for hydroxylation is 2. The third kappa shape index (κ3) is 2.78. The summed E-state index contributed by atoms with van der Waals surface area (Å²) in [6.45, 7) is 9.64. The van der Waals surface area contributed by atoms with Gasteiger partial charge in [-0.1, -0.05) is 6.92 Å². The monoisotopic (exact) mass is 294 g/mol. The highest BCUT2D eigenvalue weighted by Crippen LogP contribution is 2.43. The predicted molar refractivity (Wildman–Crippen MR) is 83.3 cm³/mol. The Labute approximate surface area is 126 Å². The molecule has 1 unspecified atom stereocenters. The first-order chi connectivity index (χ1) is 9.44. The van der Waals surface area contributed by atoms with Gasteiger partial charge in [0.05, 0.1) is 16.8 Å². The van der Waals surface area contributed by atoms with Crippen molar-refractivity contribution >= 4 is 11.3 Å². The minimum Gasteiger partial charge on any atom is -0.375 e. The van der Waals surface area contributed by atoms with Crippen LogP contribution >= 0.6 is 11.3 Å². The van der Waals surface area contributed by atoms with Crippen molar-refractivity contribution in [1.29, 1.82) is 0 Å². The van der Waals surface area contributed by atoms with Crippen molar-refractivity contribution in [1.82, 2.24) is 10.3 Å². The van der Waals surface area contributed by atoms with Crippen LogP contribution < -0.4 is 5.32 Å². The normalized spacial score (nSPS) is 29.6. The van der Waals surface area contributed by atoms with E-state index in [1.807, 2.05) is 11.3 Å². The van der Waals surface area contributed by atoms with Crippen molar-refractivity contribution in [2.75, 3.05) is 6.61 Å². The number of ether oxygens (including phenoxy) is 1. The first-order valence-electron chi connectivity index (χ1n) is 7.82. The van der Waals surface area contributed by atoms with Gasteiger partial charge in [0, 0.05) is 23.9 Å². The molecule has 2 heterocycles. The summed E-state index contributed by atoms with van der Waals surface area (Å²) >= 11 is 1.89. The van der Waals surface area contributed by atoms with Crippen molar-refractivity contribution in [3.05, 3.63) is 15.6 Å². The number of hydrogen-bond acceptors (Lipinski definition) is 4. The summed E-state index contributed by atoms with van der Waals surface area (Å²) in [5.41, 5.74) is 1.24. The van der Waals surface area contributed by atoms with E-state index >= 15 is 0 Å². The van der Waals surface area contributed by atoms with Crippen molar-refractivity contribution in [2.45, 2.75) is 77.0 Å². The molecule has 1 aliphatic carbocycles. The molecule has 0 aromatic carbocycles. The quantitative estimate of drug-likeness (QED) is 0.922. The topological polar surface area (TPSA) is 34.2 Å². The minimum atomic E-state index is -0.0634. The predicted octanol–water partition coefficient (Wildman–Crippen LogP) is 3.55. The van der Waals surface area contributed by atoms with Crippen LogP contribution in [0.4, 0.5) is 0 Å². The second-order valence-corrected chi connectivity index (χ2v) is 8.11. The molecule has 3 rings (SSSR count). The Kier molecular flexibility index (Phi) is 3.68. The van der Waals surface area contributed by atoms with Crippen molar-refractivity contribution in [3.8, 4) is 0 Å². The van der Waals surface area contributed by atoms with Crippen LogP contribution in [0.25, 0.3) is 0 Å². The number of thiazole rings is 1. The lowest BCUT2D eigenvalue weighted by atomic mass is 9.81. The van der Waals surface area contributed by atoms with Gasteiger partial charge in [-0.15, -0.1) is 11.3 Å². The molecule has 112 valence electrons. The summed E-state index contributed by atoms with van der Waals surface area (Å²) in [6.07, 6.45) is 5.72. The standard InChI is InChI=1S/C16H26N2OS/c1-5-13-11(2)20-14(17-13)16(18-12-6-7-12)8-9-19-15(3,4)10-16/h12,18H,5-10H2,1-4H3. The summed E-state index contributed by atoms with van der Waals surface area (Å²) in [4.78, 5) is 6.35. The van der Waals surface area contributed by atoms with Crippen LogP contribution in [0.5, 0.6) is 0 Å². The van der Waals surface area contributed by atoms with Gasteiger partial charge in [-0.2, -0.15) is 0 Å². The third-order valence-electron chi connectivity index (χ3n) is 4.44. The second kappa shape index (κ2) is 5.08. The molecule has 0 spiro atoms. The summed E-state index contributed by atoms with van der Waals surface area (Å²) in [7, 11) is 0. The molecule has 1 atom stereocenters. The highest BCUT2D eigenvalue weighted by Gasteiger charge is 2.46. The first-order valence-corrected chi connectivity index (χ1v) is 8.64. The lowest BCUT2D eigenvalue weighted by Crippen LogP contribution is -2.53. The Morgan fingerprint density at radius 2 is 2.15 bits per heavy atom. The summed E-state index contributed by atoms with van der Waals surface area (Å²) in [5.74, 6) is 0. The maximum absolute atomic E-state index is 5.94. The van der Waals surface area contributed by atoms with E-state index < -0.39 is 0 Å². The van der Waals surface area contributed by atoms with Crippen LogP contribution in [0.1, 0.15) is 62.0 Å². The van der Waals surface area contributed by atoms with Gasteiger partial charge in [-0.05, 0) is 46.5 Å². The molecule has 2 fully saturated rings. The molecule has 0 amide bonds. The molecule has 0 bridgehead atoms. The van der Waals surface area contributed by atoms with E-state index in [-0.39, 0.29) is 11.1 Å². The molecule has 0 radical (unpaired) electrons. The van der Waals surface area contributed by atoms with Crippen LogP contribution in [0.2, 0.25) is 0 Å². The molecule has 4 heteroatoms. The average Bonchev–Trinajstić information content (AvgIpc) is 3.08. The van der Waals surface area contributed by atoms with Crippen LogP contribution in [0.3, 0.4) is 0 Å². The van der Waals surface area contributed by atoms with E-state index in [9.17, 15) is 0 Å². The summed E-state index contributed by atoms with van der Waals surface area (Å²) in [6, 6.07) is 0.693. The van der Waals surface area contributed by atoms with E-state index in [0.29, 0.717) is 6.04 Å². The maximum atomic E-state index is 5.94. The Bertz CT molecular complexity index is 493. The van der Waals surface area contributed by atoms with E-state index in [0.717, 1.165) is 25.9 Å². The lowest BCUT2D eigenvalue weighted by molar-refractivity contribution is -0.0903. The van der Waals surface area contributed by atoms with Gasteiger partial charge in [0.1, 0.15) is 5.01 Å². The van der Waals surface area contributed by atoms with Crippen LogP contribution in [-0.4, -0.2) is 23.2 Å². The van der Waals surface area contributed by atoms with Gasteiger partial charge >= 0.3 is 0 Å². The molecule has 1 aromatic rings. The van der Waals surface area contributed by atoms with Crippen LogP contribution in [0, 0.1) is 6.92 Å². The van der Waals surface area contributed by atoms with Gasteiger partial charge in [0.2, 0.25) is 0 Å². The fourth-order valence-corrected chi connectivity index (χ4v) is 4.50. The zero-order valence-corrected chi connectivity index (χ0v) is 13.9. The SMILES string of the molecule is CCc1nc(C2(NC3CC3)CCOC(C)(C)C2)sc1C. The van der Waals surface area contributed by atoms with Gasteiger partial charge < -0.3 is 10.1 Å². The zero-order chi connectivity index (χ0) is 14.4. The molecule has 1 saturated heterocycles. The average molecular weight is 294 g/mol. The number of nitrogens with zero attached hydrogens (tertiary/aromatic N) is 1. The van der Waals surface area contributed by atoms with Gasteiger partial charge in [-0.25, -0.2) is 4.98 Å². The Hall–Kier alpha value is -0.450. The minimum absolute atomic E-state index is 0.0335. The smallest absolute Gasteiger partial charge is 0.113 e. The first kappa shape index (κ1) is 14.5. The Morgan fingerprint density at radius 3 is 2.70 bits per heavy atom. The summed E-state index contributed by atoms with van der Waals surface area (Å²) < 4.78 is 5.94. The second-order valence-electron chi connectivity index (χ2n) is 6.91. The number of rotatable bonds is 4. The molecular formula is C16H26N2OS. The molecule has 3 nitrogen and oxygen atoms in total. The van der Waals surface area contributed by atoms with E-state index in [4.69, 9.17) is 9.72 Å². The summed E-state index contributed by atoms with van der Waals surface area (Å²) in [5, 5.41) is 5.20. The molecule has 2 aliphatic rings. The Balaban J connectivity index is 1.95. The molecule has 20 heavy (non-hydrogen) atoms. The van der Waals surface area contributed by atoms with Gasteiger partial charge in [-0.3, -0.25) is 0 Å². The van der Waals surface area contributed by atoms with Crippen molar-refractivity contribution in [3.63, 3.8) is 0 Å². The molecule has 1 aliphatic heterocycles. The lowest BCUT2D eigenvalue weighted by Gasteiger charge is -2.44. The number of hydrogen-bond donors (Lipinski definition) is 1. The fraction of sp³-hybridized carbons (Fsp3) is 0.812. The van der Waals surface area contributed by atoms with Crippen molar-refractivity contribution in [2.24, 2.45) is 0 Å². The van der Waals surface area contributed by atoms with Crippen LogP contribution in [-0.2, 0) is 16.7 Å².